The maximum Gasteiger partial charge on any atom is 0.407 e. The van der Waals surface area contributed by atoms with Gasteiger partial charge in [-0.2, -0.15) is 0 Å². The number of benzene rings is 2. The lowest BCUT2D eigenvalue weighted by molar-refractivity contribution is 0.0553. The number of alkyl carbamates (subject to hydrolysis) is 1. The predicted octanol–water partition coefficient (Wildman–Crippen LogP) is 5.90. The number of amides is 1. The molecule has 41 heavy (non-hydrogen) atoms. The first-order chi connectivity index (χ1) is 19.8. The smallest absolute Gasteiger partial charge is 0.407 e. The van der Waals surface area contributed by atoms with E-state index in [0.717, 1.165) is 70.5 Å². The highest BCUT2D eigenvalue weighted by Crippen LogP contribution is 2.42. The molecule has 1 unspecified atom stereocenters. The van der Waals surface area contributed by atoms with Crippen LogP contribution < -0.4 is 5.32 Å². The van der Waals surface area contributed by atoms with Gasteiger partial charge in [-0.05, 0) is 62.8 Å². The summed E-state index contributed by atoms with van der Waals surface area (Å²) < 4.78 is 15.0. The number of aromatic nitrogens is 5. The number of ether oxygens (including phenoxy) is 2. The number of rotatable bonds is 6. The van der Waals surface area contributed by atoms with E-state index in [1.54, 1.807) is 4.68 Å². The van der Waals surface area contributed by atoms with Crippen molar-refractivity contribution in [2.24, 2.45) is 13.0 Å². The Morgan fingerprint density at radius 3 is 2.54 bits per heavy atom. The Bertz CT molecular complexity index is 1700. The molecular formula is C32H36N6O3. The maximum atomic E-state index is 12.2. The van der Waals surface area contributed by atoms with Crippen molar-refractivity contribution in [1.82, 2.24) is 29.9 Å². The van der Waals surface area contributed by atoms with Gasteiger partial charge in [0.05, 0.1) is 46.6 Å². The number of nitrogens with zero attached hydrogens (tertiary/aromatic N) is 5. The number of carbonyl (C=O) groups excluding carboxylic acids is 1. The molecular weight excluding hydrogens is 516 g/mol. The molecule has 0 spiro atoms. The monoisotopic (exact) mass is 552 g/mol. The van der Waals surface area contributed by atoms with E-state index >= 15 is 0 Å². The zero-order chi connectivity index (χ0) is 28.7. The first-order valence-corrected chi connectivity index (χ1v) is 14.1. The van der Waals surface area contributed by atoms with E-state index in [1.165, 1.54) is 12.7 Å². The lowest BCUT2D eigenvalue weighted by Gasteiger charge is -2.33. The van der Waals surface area contributed by atoms with Gasteiger partial charge in [0, 0.05) is 37.4 Å². The summed E-state index contributed by atoms with van der Waals surface area (Å²) in [4.78, 5) is 17.2. The Kier molecular flexibility index (Phi) is 6.99. The highest BCUT2D eigenvalue weighted by atomic mass is 16.5. The fourth-order valence-electron chi connectivity index (χ4n) is 6.27. The average molecular weight is 553 g/mol. The number of hydrogen-bond donors (Lipinski definition) is 1. The van der Waals surface area contributed by atoms with Gasteiger partial charge >= 0.3 is 6.09 Å². The summed E-state index contributed by atoms with van der Waals surface area (Å²) in [6.07, 6.45) is 3.38. The molecule has 0 aliphatic carbocycles. The van der Waals surface area contributed by atoms with Crippen molar-refractivity contribution in [2.75, 3.05) is 20.3 Å². The van der Waals surface area contributed by atoms with E-state index in [1.807, 2.05) is 34.0 Å². The Labute approximate surface area is 239 Å². The summed E-state index contributed by atoms with van der Waals surface area (Å²) in [7, 11) is 3.29. The van der Waals surface area contributed by atoms with Crippen LogP contribution in [0.25, 0.3) is 33.2 Å². The molecule has 4 heterocycles. The van der Waals surface area contributed by atoms with Gasteiger partial charge in [0.2, 0.25) is 0 Å². The van der Waals surface area contributed by atoms with Crippen molar-refractivity contribution in [2.45, 2.75) is 45.2 Å². The first kappa shape index (κ1) is 27.0. The number of hydrogen-bond acceptors (Lipinski definition) is 6. The van der Waals surface area contributed by atoms with Crippen molar-refractivity contribution in [3.8, 4) is 11.3 Å². The lowest BCUT2D eigenvalue weighted by Crippen LogP contribution is -2.40. The SMILES string of the molecule is COC(=O)NC(C)(C)c1ccc2c3ncc(-c4c(C)nnn4C)cc3n(C(c3ccccc3)C3CCOCC3)c2c1. The molecule has 0 bridgehead atoms. The van der Waals surface area contributed by atoms with E-state index in [9.17, 15) is 4.79 Å². The second kappa shape index (κ2) is 10.6. The number of fused-ring (bicyclic) bond motifs is 3. The van der Waals surface area contributed by atoms with E-state index in [0.29, 0.717) is 5.92 Å². The molecule has 0 radical (unpaired) electrons. The van der Waals surface area contributed by atoms with Gasteiger partial charge in [-0.25, -0.2) is 9.48 Å². The molecule has 1 aliphatic rings. The van der Waals surface area contributed by atoms with Crippen LogP contribution in [0.2, 0.25) is 0 Å². The predicted molar refractivity (Wildman–Crippen MR) is 159 cm³/mol. The van der Waals surface area contributed by atoms with Gasteiger partial charge in [-0.1, -0.05) is 47.7 Å². The molecule has 6 rings (SSSR count). The number of pyridine rings is 1. The third-order valence-electron chi connectivity index (χ3n) is 8.36. The summed E-state index contributed by atoms with van der Waals surface area (Å²) in [5.74, 6) is 0.374. The van der Waals surface area contributed by atoms with E-state index in [4.69, 9.17) is 14.5 Å². The minimum absolute atomic E-state index is 0.0647. The third kappa shape index (κ3) is 4.84. The molecule has 1 saturated heterocycles. The summed E-state index contributed by atoms with van der Waals surface area (Å²) in [5.41, 5.74) is 7.41. The Hall–Kier alpha value is -4.24. The summed E-state index contributed by atoms with van der Waals surface area (Å²) in [6.45, 7) is 7.44. The maximum absolute atomic E-state index is 12.2. The molecule has 212 valence electrons. The molecule has 0 saturated carbocycles. The van der Waals surface area contributed by atoms with Crippen LogP contribution in [0, 0.1) is 12.8 Å². The highest BCUT2D eigenvalue weighted by molar-refractivity contribution is 6.07. The van der Waals surface area contributed by atoms with Crippen LogP contribution in [-0.4, -0.2) is 51.0 Å². The fraction of sp³-hybridized carbons (Fsp3) is 0.375. The van der Waals surface area contributed by atoms with Crippen molar-refractivity contribution in [3.63, 3.8) is 0 Å². The Morgan fingerprint density at radius 2 is 1.85 bits per heavy atom. The van der Waals surface area contributed by atoms with Gasteiger partial charge in [-0.3, -0.25) is 4.98 Å². The molecule has 9 nitrogen and oxygen atoms in total. The molecule has 1 aliphatic heterocycles. The summed E-state index contributed by atoms with van der Waals surface area (Å²) in [5, 5.41) is 12.6. The van der Waals surface area contributed by atoms with Crippen LogP contribution >= 0.6 is 0 Å². The van der Waals surface area contributed by atoms with E-state index < -0.39 is 11.6 Å². The standard InChI is InChI=1S/C32H36N6O3/c1-20-29(37(4)36-35-20)23-17-27-28(33-19-23)25-12-11-24(32(2,3)34-31(39)40-5)18-26(25)38(27)30(21-9-7-6-8-10-21)22-13-15-41-16-14-22/h6-12,17-19,22,30H,13-16H2,1-5H3,(H,34,39). The zero-order valence-corrected chi connectivity index (χ0v) is 24.2. The van der Waals surface area contributed by atoms with Gasteiger partial charge in [0.1, 0.15) is 0 Å². The molecule has 2 aromatic carbocycles. The zero-order valence-electron chi connectivity index (χ0n) is 24.2. The Balaban J connectivity index is 1.65. The minimum Gasteiger partial charge on any atom is -0.453 e. The van der Waals surface area contributed by atoms with Crippen LogP contribution in [0.1, 0.15) is 49.6 Å². The fourth-order valence-corrected chi connectivity index (χ4v) is 6.27. The van der Waals surface area contributed by atoms with Crippen molar-refractivity contribution in [1.29, 1.82) is 0 Å². The molecule has 3 aromatic heterocycles. The van der Waals surface area contributed by atoms with Crippen LogP contribution in [0.3, 0.4) is 0 Å². The van der Waals surface area contributed by atoms with E-state index in [2.05, 4.69) is 74.8 Å². The number of carbonyl (C=O) groups is 1. The summed E-state index contributed by atoms with van der Waals surface area (Å²) >= 11 is 0. The van der Waals surface area contributed by atoms with Crippen LogP contribution in [-0.2, 0) is 22.1 Å². The number of aryl methyl sites for hydroxylation is 2. The molecule has 5 aromatic rings. The molecule has 1 fully saturated rings. The highest BCUT2D eigenvalue weighted by Gasteiger charge is 2.31. The van der Waals surface area contributed by atoms with Gasteiger partial charge < -0.3 is 19.4 Å². The molecule has 1 atom stereocenters. The van der Waals surface area contributed by atoms with Crippen LogP contribution in [0.5, 0.6) is 0 Å². The second-order valence-electron chi connectivity index (χ2n) is 11.4. The molecule has 9 heteroatoms. The average Bonchev–Trinajstić information content (AvgIpc) is 3.49. The van der Waals surface area contributed by atoms with Crippen molar-refractivity contribution >= 4 is 28.0 Å². The quantitative estimate of drug-likeness (QED) is 0.282. The van der Waals surface area contributed by atoms with Crippen molar-refractivity contribution in [3.05, 3.63) is 77.6 Å². The minimum atomic E-state index is -0.653. The lowest BCUT2D eigenvalue weighted by atomic mass is 9.86. The topological polar surface area (TPSA) is 96.1 Å². The van der Waals surface area contributed by atoms with E-state index in [-0.39, 0.29) is 6.04 Å². The van der Waals surface area contributed by atoms with Crippen LogP contribution in [0.4, 0.5) is 4.79 Å². The first-order valence-electron chi connectivity index (χ1n) is 14.1. The summed E-state index contributed by atoms with van der Waals surface area (Å²) in [6, 6.07) is 19.4. The van der Waals surface area contributed by atoms with Gasteiger partial charge in [0.25, 0.3) is 0 Å². The third-order valence-corrected chi connectivity index (χ3v) is 8.36. The largest absolute Gasteiger partial charge is 0.453 e. The Morgan fingerprint density at radius 1 is 1.10 bits per heavy atom. The molecule has 1 amide bonds. The van der Waals surface area contributed by atoms with Gasteiger partial charge in [-0.15, -0.1) is 5.10 Å². The second-order valence-corrected chi connectivity index (χ2v) is 11.4. The molecule has 1 N–H and O–H groups in total. The van der Waals surface area contributed by atoms with Crippen LogP contribution in [0.15, 0.2) is 60.8 Å². The number of methoxy groups -OCH3 is 1. The number of nitrogens with one attached hydrogen (secondary N) is 1. The van der Waals surface area contributed by atoms with Gasteiger partial charge in [0.15, 0.2) is 0 Å². The normalized spacial score (nSPS) is 15.3. The van der Waals surface area contributed by atoms with Crippen molar-refractivity contribution < 1.29 is 14.3 Å².